The minimum atomic E-state index is -0.957. The Kier molecular flexibility index (Phi) is 5.63. The zero-order chi connectivity index (χ0) is 15.1. The molecule has 0 aliphatic rings. The number of nitrogens with zero attached hydrogens (tertiary/aromatic N) is 4. The van der Waals surface area contributed by atoms with Crippen molar-refractivity contribution in [3.8, 4) is 0 Å². The average Bonchev–Trinajstić information content (AvgIpc) is 2.85. The Hall–Kier alpha value is -2.45. The number of carboxylic acids is 1. The van der Waals surface area contributed by atoms with Gasteiger partial charge in [-0.25, -0.2) is 0 Å². The summed E-state index contributed by atoms with van der Waals surface area (Å²) in [5, 5.41) is 19.0. The van der Waals surface area contributed by atoms with Gasteiger partial charge in [0.1, 0.15) is 6.20 Å². The molecule has 1 N–H and O–H groups in total. The van der Waals surface area contributed by atoms with Crippen LogP contribution in [0.15, 0.2) is 12.5 Å². The summed E-state index contributed by atoms with van der Waals surface area (Å²) in [6.45, 7) is 2.62. The van der Waals surface area contributed by atoms with E-state index in [0.717, 1.165) is 0 Å². The number of rotatable bonds is 8. The zero-order valence-electron chi connectivity index (χ0n) is 11.1. The number of carbonyl (C=O) groups excluding carboxylic acids is 1. The lowest BCUT2D eigenvalue weighted by molar-refractivity contribution is -0.389. The third-order valence-corrected chi connectivity index (χ3v) is 2.72. The molecule has 0 fully saturated rings. The molecule has 0 radical (unpaired) electrons. The summed E-state index contributed by atoms with van der Waals surface area (Å²) >= 11 is 0. The maximum atomic E-state index is 11.9. The molecular weight excluding hydrogens is 268 g/mol. The molecule has 1 aromatic rings. The Labute approximate surface area is 115 Å². The van der Waals surface area contributed by atoms with Gasteiger partial charge in [-0.1, -0.05) is 0 Å². The number of imidazole rings is 1. The fourth-order valence-corrected chi connectivity index (χ4v) is 1.64. The minimum absolute atomic E-state index is 0.101. The number of amides is 1. The van der Waals surface area contributed by atoms with Crippen LogP contribution in [-0.4, -0.2) is 49.4 Å². The van der Waals surface area contributed by atoms with Gasteiger partial charge >= 0.3 is 11.8 Å². The summed E-state index contributed by atoms with van der Waals surface area (Å²) in [5.41, 5.74) is 0. The second-order valence-electron chi connectivity index (χ2n) is 4.09. The molecule has 0 aromatic carbocycles. The normalized spacial score (nSPS) is 10.2. The van der Waals surface area contributed by atoms with E-state index in [4.69, 9.17) is 5.11 Å². The maximum Gasteiger partial charge on any atom is 0.381 e. The topological polar surface area (TPSA) is 119 Å². The first-order valence-corrected chi connectivity index (χ1v) is 6.09. The zero-order valence-corrected chi connectivity index (χ0v) is 11.1. The fraction of sp³-hybridized carbons (Fsp3) is 0.545. The van der Waals surface area contributed by atoms with E-state index in [1.807, 2.05) is 0 Å². The lowest BCUT2D eigenvalue weighted by Gasteiger charge is -2.19. The number of carboxylic acid groups (broad SMARTS) is 1. The fourth-order valence-electron chi connectivity index (χ4n) is 1.64. The lowest BCUT2D eigenvalue weighted by Crippen LogP contribution is -2.33. The molecule has 1 rings (SSSR count). The van der Waals surface area contributed by atoms with E-state index in [1.54, 1.807) is 6.92 Å². The van der Waals surface area contributed by atoms with E-state index < -0.39 is 10.9 Å². The Morgan fingerprint density at radius 2 is 2.20 bits per heavy atom. The van der Waals surface area contributed by atoms with E-state index in [1.165, 1.54) is 22.0 Å². The van der Waals surface area contributed by atoms with Gasteiger partial charge in [-0.05, 0) is 16.8 Å². The van der Waals surface area contributed by atoms with E-state index >= 15 is 0 Å². The van der Waals surface area contributed by atoms with Crippen molar-refractivity contribution in [3.63, 3.8) is 0 Å². The molecule has 9 heteroatoms. The molecule has 1 heterocycles. The molecule has 9 nitrogen and oxygen atoms in total. The molecule has 0 aliphatic carbocycles. The van der Waals surface area contributed by atoms with Crippen LogP contribution in [-0.2, 0) is 16.1 Å². The van der Waals surface area contributed by atoms with Gasteiger partial charge < -0.3 is 24.7 Å². The highest BCUT2D eigenvalue weighted by molar-refractivity contribution is 5.77. The van der Waals surface area contributed by atoms with Gasteiger partial charge in [-0.2, -0.15) is 0 Å². The SMILES string of the molecule is CCN(CCC(=O)O)C(=O)CCn1cnc([N+](=O)[O-])c1. The predicted molar refractivity (Wildman–Crippen MR) is 68.0 cm³/mol. The van der Waals surface area contributed by atoms with Crippen molar-refractivity contribution in [2.45, 2.75) is 26.3 Å². The van der Waals surface area contributed by atoms with Gasteiger partial charge in [-0.15, -0.1) is 0 Å². The first kappa shape index (κ1) is 15.6. The highest BCUT2D eigenvalue weighted by Gasteiger charge is 2.14. The predicted octanol–water partition coefficient (Wildman–Crippen LogP) is 0.505. The molecule has 110 valence electrons. The monoisotopic (exact) mass is 284 g/mol. The van der Waals surface area contributed by atoms with Gasteiger partial charge in [0.25, 0.3) is 0 Å². The molecule has 0 aliphatic heterocycles. The Balaban J connectivity index is 2.47. The van der Waals surface area contributed by atoms with Crippen LogP contribution in [0.3, 0.4) is 0 Å². The molecule has 20 heavy (non-hydrogen) atoms. The summed E-state index contributed by atoms with van der Waals surface area (Å²) in [4.78, 5) is 37.2. The first-order valence-electron chi connectivity index (χ1n) is 6.09. The molecule has 0 saturated heterocycles. The molecule has 0 atom stereocenters. The number of carbonyl (C=O) groups is 2. The molecule has 0 bridgehead atoms. The van der Waals surface area contributed by atoms with Gasteiger partial charge in [0.05, 0.1) is 6.42 Å². The van der Waals surface area contributed by atoms with Crippen molar-refractivity contribution in [1.29, 1.82) is 0 Å². The number of nitro groups is 1. The summed E-state index contributed by atoms with van der Waals surface area (Å²) in [6, 6.07) is 0. The molecule has 0 spiro atoms. The van der Waals surface area contributed by atoms with Gasteiger partial charge in [0.2, 0.25) is 12.2 Å². The highest BCUT2D eigenvalue weighted by Crippen LogP contribution is 2.07. The highest BCUT2D eigenvalue weighted by atomic mass is 16.6. The van der Waals surface area contributed by atoms with Crippen LogP contribution in [0, 0.1) is 10.1 Å². The van der Waals surface area contributed by atoms with Crippen LogP contribution in [0.2, 0.25) is 0 Å². The summed E-state index contributed by atoms with van der Waals surface area (Å²) in [6.07, 6.45) is 2.58. The third kappa shape index (κ3) is 4.67. The van der Waals surface area contributed by atoms with Gasteiger partial charge in [0, 0.05) is 26.1 Å². The number of hydrogen-bond donors (Lipinski definition) is 1. The molecular formula is C11H16N4O5. The second kappa shape index (κ2) is 7.22. The Bertz CT molecular complexity index is 499. The summed E-state index contributed by atoms with van der Waals surface area (Å²) in [7, 11) is 0. The largest absolute Gasteiger partial charge is 0.481 e. The Morgan fingerprint density at radius 1 is 1.50 bits per heavy atom. The second-order valence-corrected chi connectivity index (χ2v) is 4.09. The van der Waals surface area contributed by atoms with Crippen LogP contribution in [0.1, 0.15) is 19.8 Å². The molecule has 0 unspecified atom stereocenters. The van der Waals surface area contributed by atoms with Gasteiger partial charge in [0.15, 0.2) is 0 Å². The Morgan fingerprint density at radius 3 is 2.70 bits per heavy atom. The lowest BCUT2D eigenvalue weighted by atomic mass is 10.3. The van der Waals surface area contributed by atoms with Gasteiger partial charge in [-0.3, -0.25) is 9.59 Å². The minimum Gasteiger partial charge on any atom is -0.481 e. The average molecular weight is 284 g/mol. The molecule has 1 aromatic heterocycles. The summed E-state index contributed by atoms with van der Waals surface area (Å²) in [5.74, 6) is -1.41. The van der Waals surface area contributed by atoms with Crippen LogP contribution in [0.25, 0.3) is 0 Å². The van der Waals surface area contributed by atoms with E-state index in [9.17, 15) is 19.7 Å². The number of aryl methyl sites for hydroxylation is 1. The van der Waals surface area contributed by atoms with Crippen LogP contribution < -0.4 is 0 Å². The van der Waals surface area contributed by atoms with Crippen molar-refractivity contribution in [2.75, 3.05) is 13.1 Å². The number of hydrogen-bond acceptors (Lipinski definition) is 5. The molecule has 1 amide bonds. The van der Waals surface area contributed by atoms with Crippen molar-refractivity contribution in [2.24, 2.45) is 0 Å². The summed E-state index contributed by atoms with van der Waals surface area (Å²) < 4.78 is 1.46. The van der Waals surface area contributed by atoms with Crippen molar-refractivity contribution in [1.82, 2.24) is 14.5 Å². The van der Waals surface area contributed by atoms with Crippen LogP contribution in [0.5, 0.6) is 0 Å². The number of aromatic nitrogens is 2. The first-order chi connectivity index (χ1) is 9.43. The smallest absolute Gasteiger partial charge is 0.381 e. The van der Waals surface area contributed by atoms with Crippen molar-refractivity contribution in [3.05, 3.63) is 22.6 Å². The van der Waals surface area contributed by atoms with E-state index in [-0.39, 0.29) is 37.7 Å². The van der Waals surface area contributed by atoms with E-state index in [2.05, 4.69) is 4.98 Å². The molecule has 0 saturated carbocycles. The maximum absolute atomic E-state index is 11.9. The van der Waals surface area contributed by atoms with E-state index in [0.29, 0.717) is 6.54 Å². The van der Waals surface area contributed by atoms with Crippen LogP contribution in [0.4, 0.5) is 5.82 Å². The standard InChI is InChI=1S/C11H16N4O5/c1-2-14(6-4-11(17)18)10(16)3-5-13-7-9(12-8-13)15(19)20/h7-8H,2-6H2,1H3,(H,17,18). The van der Waals surface area contributed by atoms with Crippen LogP contribution >= 0.6 is 0 Å². The number of aliphatic carboxylic acids is 1. The van der Waals surface area contributed by atoms with Crippen molar-refractivity contribution >= 4 is 17.7 Å². The van der Waals surface area contributed by atoms with Crippen molar-refractivity contribution < 1.29 is 19.6 Å². The third-order valence-electron chi connectivity index (χ3n) is 2.72. The quantitative estimate of drug-likeness (QED) is 0.548.